The molecule has 1 heterocycles. The molecule has 128 valence electrons. The van der Waals surface area contributed by atoms with Crippen molar-refractivity contribution in [3.63, 3.8) is 0 Å². The van der Waals surface area contributed by atoms with Crippen LogP contribution in [-0.4, -0.2) is 26.8 Å². The number of hydrogen-bond donors (Lipinski definition) is 0. The minimum absolute atomic E-state index is 0.0919. The summed E-state index contributed by atoms with van der Waals surface area (Å²) in [7, 11) is 3.54. The van der Waals surface area contributed by atoms with E-state index in [1.165, 1.54) is 23.9 Å². The molecule has 0 amide bonds. The van der Waals surface area contributed by atoms with E-state index in [-0.39, 0.29) is 5.69 Å². The Morgan fingerprint density at radius 2 is 1.80 bits per heavy atom. The number of methoxy groups -OCH3 is 1. The molecule has 0 atom stereocenters. The zero-order chi connectivity index (χ0) is 17.8. The molecular weight excluding hydrogens is 340 g/mol. The summed E-state index contributed by atoms with van der Waals surface area (Å²) in [6.07, 6.45) is 0. The molecule has 7 nitrogen and oxygen atoms in total. The van der Waals surface area contributed by atoms with Crippen LogP contribution >= 0.6 is 11.8 Å². The van der Waals surface area contributed by atoms with Gasteiger partial charge in [-0.05, 0) is 29.8 Å². The highest BCUT2D eigenvalue weighted by Gasteiger charge is 2.12. The molecule has 0 N–H and O–H groups in total. The SMILES string of the molecule is COc1ccc(-c2nnc(SCc3ccc([N+](=O)[O-])cc3)n2C)cc1. The minimum atomic E-state index is -0.402. The summed E-state index contributed by atoms with van der Waals surface area (Å²) in [6.45, 7) is 0. The predicted molar refractivity (Wildman–Crippen MR) is 95.6 cm³/mol. The second-order valence-electron chi connectivity index (χ2n) is 5.31. The smallest absolute Gasteiger partial charge is 0.269 e. The normalized spacial score (nSPS) is 10.6. The maximum Gasteiger partial charge on any atom is 0.269 e. The molecule has 0 saturated heterocycles. The van der Waals surface area contributed by atoms with Gasteiger partial charge in [0.05, 0.1) is 12.0 Å². The number of ether oxygens (including phenoxy) is 1. The van der Waals surface area contributed by atoms with Gasteiger partial charge in [-0.2, -0.15) is 0 Å². The fourth-order valence-corrected chi connectivity index (χ4v) is 3.16. The molecule has 0 aliphatic heterocycles. The zero-order valence-corrected chi connectivity index (χ0v) is 14.6. The van der Waals surface area contributed by atoms with Crippen LogP contribution in [0.3, 0.4) is 0 Å². The van der Waals surface area contributed by atoms with Gasteiger partial charge in [-0.25, -0.2) is 0 Å². The molecule has 0 fully saturated rings. The second-order valence-corrected chi connectivity index (χ2v) is 6.25. The van der Waals surface area contributed by atoms with Gasteiger partial charge in [0.25, 0.3) is 5.69 Å². The molecule has 3 rings (SSSR count). The van der Waals surface area contributed by atoms with Gasteiger partial charge in [-0.3, -0.25) is 10.1 Å². The largest absolute Gasteiger partial charge is 0.497 e. The Bertz CT molecular complexity index is 876. The van der Waals surface area contributed by atoms with Crippen molar-refractivity contribution >= 4 is 17.4 Å². The van der Waals surface area contributed by atoms with Gasteiger partial charge in [-0.15, -0.1) is 10.2 Å². The number of thioether (sulfide) groups is 1. The number of aromatic nitrogens is 3. The first-order valence-electron chi connectivity index (χ1n) is 7.48. The first kappa shape index (κ1) is 17.0. The van der Waals surface area contributed by atoms with Crippen molar-refractivity contribution in [2.24, 2.45) is 7.05 Å². The van der Waals surface area contributed by atoms with Crippen molar-refractivity contribution in [3.8, 4) is 17.1 Å². The molecule has 25 heavy (non-hydrogen) atoms. The van der Waals surface area contributed by atoms with Crippen LogP contribution in [0.5, 0.6) is 5.75 Å². The quantitative estimate of drug-likeness (QED) is 0.380. The van der Waals surface area contributed by atoms with Gasteiger partial charge in [0, 0.05) is 30.5 Å². The molecule has 0 radical (unpaired) electrons. The van der Waals surface area contributed by atoms with Crippen LogP contribution in [0.1, 0.15) is 5.56 Å². The fourth-order valence-electron chi connectivity index (χ4n) is 2.29. The molecular formula is C17H16N4O3S. The van der Waals surface area contributed by atoms with E-state index < -0.39 is 4.92 Å². The van der Waals surface area contributed by atoms with E-state index in [2.05, 4.69) is 10.2 Å². The lowest BCUT2D eigenvalue weighted by Gasteiger charge is -2.05. The van der Waals surface area contributed by atoms with E-state index in [4.69, 9.17) is 4.74 Å². The van der Waals surface area contributed by atoms with E-state index in [1.54, 1.807) is 19.2 Å². The van der Waals surface area contributed by atoms with Crippen LogP contribution in [0.15, 0.2) is 53.7 Å². The lowest BCUT2D eigenvalue weighted by Crippen LogP contribution is -1.95. The van der Waals surface area contributed by atoms with E-state index >= 15 is 0 Å². The Hall–Kier alpha value is -2.87. The van der Waals surface area contributed by atoms with Gasteiger partial charge < -0.3 is 9.30 Å². The first-order valence-corrected chi connectivity index (χ1v) is 8.47. The van der Waals surface area contributed by atoms with Crippen molar-refractivity contribution in [3.05, 3.63) is 64.2 Å². The number of benzene rings is 2. The maximum absolute atomic E-state index is 10.7. The lowest BCUT2D eigenvalue weighted by molar-refractivity contribution is -0.384. The number of hydrogen-bond acceptors (Lipinski definition) is 6. The topological polar surface area (TPSA) is 83.1 Å². The van der Waals surface area contributed by atoms with Crippen LogP contribution in [0.4, 0.5) is 5.69 Å². The summed E-state index contributed by atoms with van der Waals surface area (Å²) in [6, 6.07) is 14.2. The highest BCUT2D eigenvalue weighted by molar-refractivity contribution is 7.98. The zero-order valence-electron chi connectivity index (χ0n) is 13.7. The average molecular weight is 356 g/mol. The third kappa shape index (κ3) is 3.80. The molecule has 0 bridgehead atoms. The van der Waals surface area contributed by atoms with Crippen molar-refractivity contribution in [1.29, 1.82) is 0 Å². The van der Waals surface area contributed by atoms with E-state index in [1.807, 2.05) is 35.9 Å². The maximum atomic E-state index is 10.7. The summed E-state index contributed by atoms with van der Waals surface area (Å²) in [5, 5.41) is 20.0. The summed E-state index contributed by atoms with van der Waals surface area (Å²) >= 11 is 1.53. The van der Waals surface area contributed by atoms with Crippen molar-refractivity contribution in [1.82, 2.24) is 14.8 Å². The first-order chi connectivity index (χ1) is 12.1. The van der Waals surface area contributed by atoms with Crippen molar-refractivity contribution in [2.45, 2.75) is 10.9 Å². The second kappa shape index (κ2) is 7.35. The van der Waals surface area contributed by atoms with Crippen LogP contribution in [0, 0.1) is 10.1 Å². The third-order valence-corrected chi connectivity index (χ3v) is 4.79. The molecule has 0 saturated carbocycles. The van der Waals surface area contributed by atoms with E-state index in [0.717, 1.165) is 27.9 Å². The Balaban J connectivity index is 1.71. The Morgan fingerprint density at radius 3 is 2.40 bits per heavy atom. The van der Waals surface area contributed by atoms with E-state index in [9.17, 15) is 10.1 Å². The van der Waals surface area contributed by atoms with Gasteiger partial charge in [0.15, 0.2) is 11.0 Å². The molecule has 3 aromatic rings. The number of rotatable bonds is 6. The highest BCUT2D eigenvalue weighted by Crippen LogP contribution is 2.26. The number of nitro groups is 1. The summed E-state index contributed by atoms with van der Waals surface area (Å²) in [4.78, 5) is 10.3. The van der Waals surface area contributed by atoms with Gasteiger partial charge in [0.2, 0.25) is 0 Å². The average Bonchev–Trinajstić information content (AvgIpc) is 3.01. The molecule has 0 unspecified atom stereocenters. The van der Waals surface area contributed by atoms with Gasteiger partial charge in [-0.1, -0.05) is 23.9 Å². The highest BCUT2D eigenvalue weighted by atomic mass is 32.2. The molecule has 0 aliphatic carbocycles. The Labute approximate surface area is 148 Å². The summed E-state index contributed by atoms with van der Waals surface area (Å²) in [5.41, 5.74) is 2.04. The number of nitrogens with zero attached hydrogens (tertiary/aromatic N) is 4. The lowest BCUT2D eigenvalue weighted by atomic mass is 10.2. The van der Waals surface area contributed by atoms with Crippen LogP contribution in [0.2, 0.25) is 0 Å². The van der Waals surface area contributed by atoms with Crippen molar-refractivity contribution in [2.75, 3.05) is 7.11 Å². The predicted octanol–water partition coefficient (Wildman–Crippen LogP) is 3.69. The van der Waals surface area contributed by atoms with Gasteiger partial charge in [0.1, 0.15) is 5.75 Å². The van der Waals surface area contributed by atoms with Crippen LogP contribution in [0.25, 0.3) is 11.4 Å². The molecule has 8 heteroatoms. The summed E-state index contributed by atoms with van der Waals surface area (Å²) < 4.78 is 7.09. The minimum Gasteiger partial charge on any atom is -0.497 e. The third-order valence-electron chi connectivity index (χ3n) is 3.70. The van der Waals surface area contributed by atoms with Crippen molar-refractivity contribution < 1.29 is 9.66 Å². The molecule has 2 aromatic carbocycles. The Morgan fingerprint density at radius 1 is 1.12 bits per heavy atom. The van der Waals surface area contributed by atoms with Gasteiger partial charge >= 0.3 is 0 Å². The summed E-state index contributed by atoms with van der Waals surface area (Å²) in [5.74, 6) is 2.22. The molecule has 1 aromatic heterocycles. The Kier molecular flexibility index (Phi) is 4.99. The molecule has 0 spiro atoms. The monoisotopic (exact) mass is 356 g/mol. The fraction of sp³-hybridized carbons (Fsp3) is 0.176. The van der Waals surface area contributed by atoms with Crippen LogP contribution in [-0.2, 0) is 12.8 Å². The van der Waals surface area contributed by atoms with Crippen LogP contribution < -0.4 is 4.74 Å². The standard InChI is InChI=1S/C17H16N4O3S/c1-20-16(13-5-9-15(24-2)10-6-13)18-19-17(20)25-11-12-3-7-14(8-4-12)21(22)23/h3-10H,11H2,1-2H3. The number of nitro benzene ring substituents is 1. The molecule has 0 aliphatic rings. The van der Waals surface area contributed by atoms with E-state index in [0.29, 0.717) is 5.75 Å². The number of non-ortho nitro benzene ring substituents is 1.